The quantitative estimate of drug-likeness (QED) is 0.829. The number of benzene rings is 1. The molecule has 6 heteroatoms. The van der Waals surface area contributed by atoms with E-state index >= 15 is 0 Å². The Bertz CT molecular complexity index is 398. The topological polar surface area (TPSA) is 35.2 Å². The van der Waals surface area contributed by atoms with Gasteiger partial charge in [0.15, 0.2) is 6.61 Å². The van der Waals surface area contributed by atoms with E-state index < -0.39 is 12.8 Å². The second kappa shape index (κ2) is 6.39. The minimum Gasteiger partial charge on any atom is -0.484 e. The molecule has 0 saturated carbocycles. The van der Waals surface area contributed by atoms with Crippen molar-refractivity contribution in [2.75, 3.05) is 13.2 Å². The predicted molar refractivity (Wildman–Crippen MR) is 59.9 cm³/mol. The van der Waals surface area contributed by atoms with Gasteiger partial charge in [0.1, 0.15) is 5.75 Å². The predicted octanol–water partition coefficient (Wildman–Crippen LogP) is 2.98. The molecule has 0 aromatic heterocycles. The fourth-order valence-corrected chi connectivity index (χ4v) is 1.29. The van der Waals surface area contributed by atoms with Gasteiger partial charge >= 0.3 is 6.18 Å². The monoisotopic (exact) mass is 263 g/mol. The van der Waals surface area contributed by atoms with Crippen molar-refractivity contribution in [3.05, 3.63) is 41.7 Å². The summed E-state index contributed by atoms with van der Waals surface area (Å²) >= 11 is 0. The normalized spacial score (nSPS) is 12.6. The second-order valence-corrected chi connectivity index (χ2v) is 3.70. The molecule has 0 saturated heterocycles. The summed E-state index contributed by atoms with van der Waals surface area (Å²) in [5.41, 5.74) is 6.47. The van der Waals surface area contributed by atoms with Gasteiger partial charge in [0, 0.05) is 6.54 Å². The van der Waals surface area contributed by atoms with Crippen LogP contribution >= 0.6 is 0 Å². The molecular formula is C12H13F4NO. The first-order valence-electron chi connectivity index (χ1n) is 5.21. The van der Waals surface area contributed by atoms with Crippen molar-refractivity contribution >= 4 is 0 Å². The van der Waals surface area contributed by atoms with E-state index in [1.807, 2.05) is 0 Å². The van der Waals surface area contributed by atoms with Crippen molar-refractivity contribution in [1.82, 2.24) is 0 Å². The van der Waals surface area contributed by atoms with Gasteiger partial charge in [0.05, 0.1) is 6.33 Å². The highest BCUT2D eigenvalue weighted by Gasteiger charge is 2.28. The lowest BCUT2D eigenvalue weighted by Gasteiger charge is -2.09. The molecule has 0 radical (unpaired) electrons. The van der Waals surface area contributed by atoms with Crippen LogP contribution in [0.5, 0.6) is 5.75 Å². The summed E-state index contributed by atoms with van der Waals surface area (Å²) in [6.45, 7) is -1.23. The SMILES string of the molecule is NC/C(=C/F)Cc1ccc(OCC(F)(F)F)cc1. The van der Waals surface area contributed by atoms with Gasteiger partial charge in [-0.05, 0) is 29.7 Å². The number of ether oxygens (including phenoxy) is 1. The van der Waals surface area contributed by atoms with Crippen LogP contribution in [-0.4, -0.2) is 19.3 Å². The molecule has 0 aliphatic rings. The summed E-state index contributed by atoms with van der Waals surface area (Å²) in [4.78, 5) is 0. The number of nitrogens with two attached hydrogens (primary N) is 1. The summed E-state index contributed by atoms with van der Waals surface area (Å²) in [7, 11) is 0. The first-order valence-corrected chi connectivity index (χ1v) is 5.21. The Balaban J connectivity index is 2.57. The van der Waals surface area contributed by atoms with Crippen LogP contribution in [0.2, 0.25) is 0 Å². The van der Waals surface area contributed by atoms with Gasteiger partial charge in [-0.2, -0.15) is 13.2 Å². The zero-order chi connectivity index (χ0) is 13.6. The van der Waals surface area contributed by atoms with Crippen molar-refractivity contribution in [1.29, 1.82) is 0 Å². The molecule has 100 valence electrons. The second-order valence-electron chi connectivity index (χ2n) is 3.70. The molecule has 2 nitrogen and oxygen atoms in total. The molecule has 1 aromatic carbocycles. The number of alkyl halides is 3. The molecule has 0 aliphatic heterocycles. The molecule has 2 N–H and O–H groups in total. The standard InChI is InChI=1S/C12H13F4NO/c13-6-10(7-17)5-9-1-3-11(4-2-9)18-8-12(14,15)16/h1-4,6H,5,7-8,17H2/b10-6+. The number of hydrogen-bond acceptors (Lipinski definition) is 2. The van der Waals surface area contributed by atoms with Crippen molar-refractivity contribution in [3.63, 3.8) is 0 Å². The lowest BCUT2D eigenvalue weighted by Crippen LogP contribution is -2.19. The van der Waals surface area contributed by atoms with Crippen molar-refractivity contribution in [2.24, 2.45) is 5.73 Å². The third-order valence-corrected chi connectivity index (χ3v) is 2.17. The molecule has 0 aliphatic carbocycles. The van der Waals surface area contributed by atoms with E-state index in [-0.39, 0.29) is 12.3 Å². The van der Waals surface area contributed by atoms with Crippen LogP contribution in [-0.2, 0) is 6.42 Å². The minimum absolute atomic E-state index is 0.100. The largest absolute Gasteiger partial charge is 0.484 e. The molecule has 0 spiro atoms. The molecule has 0 amide bonds. The fourth-order valence-electron chi connectivity index (χ4n) is 1.29. The van der Waals surface area contributed by atoms with Gasteiger partial charge in [-0.15, -0.1) is 0 Å². The number of hydrogen-bond donors (Lipinski definition) is 1. The van der Waals surface area contributed by atoms with E-state index in [0.717, 1.165) is 5.56 Å². The zero-order valence-corrected chi connectivity index (χ0v) is 9.51. The van der Waals surface area contributed by atoms with Gasteiger partial charge in [-0.1, -0.05) is 12.1 Å². The molecule has 0 atom stereocenters. The highest BCUT2D eigenvalue weighted by Crippen LogP contribution is 2.19. The van der Waals surface area contributed by atoms with E-state index in [4.69, 9.17) is 5.73 Å². The third kappa shape index (κ3) is 5.18. The van der Waals surface area contributed by atoms with Crippen molar-refractivity contribution in [3.8, 4) is 5.75 Å². The molecule has 1 rings (SSSR count). The molecule has 0 unspecified atom stereocenters. The average Bonchev–Trinajstić information content (AvgIpc) is 2.34. The van der Waals surface area contributed by atoms with E-state index in [1.54, 1.807) is 12.1 Å². The summed E-state index contributed by atoms with van der Waals surface area (Å²) < 4.78 is 52.5. The van der Waals surface area contributed by atoms with E-state index in [9.17, 15) is 17.6 Å². The number of rotatable bonds is 5. The van der Waals surface area contributed by atoms with Gasteiger partial charge in [0.25, 0.3) is 0 Å². The Labute approximate surface area is 102 Å². The van der Waals surface area contributed by atoms with Crippen LogP contribution in [0.3, 0.4) is 0 Å². The maximum absolute atomic E-state index is 12.3. The maximum atomic E-state index is 12.3. The summed E-state index contributed by atoms with van der Waals surface area (Å²) in [6, 6.07) is 5.97. The highest BCUT2D eigenvalue weighted by atomic mass is 19.4. The molecular weight excluding hydrogens is 250 g/mol. The fraction of sp³-hybridized carbons (Fsp3) is 0.333. The van der Waals surface area contributed by atoms with Crippen molar-refractivity contribution in [2.45, 2.75) is 12.6 Å². The van der Waals surface area contributed by atoms with E-state index in [1.165, 1.54) is 12.1 Å². The zero-order valence-electron chi connectivity index (χ0n) is 9.51. The van der Waals surface area contributed by atoms with Crippen LogP contribution in [0.4, 0.5) is 17.6 Å². The van der Waals surface area contributed by atoms with Crippen LogP contribution in [0.1, 0.15) is 5.56 Å². The molecule has 18 heavy (non-hydrogen) atoms. The van der Waals surface area contributed by atoms with Gasteiger partial charge < -0.3 is 10.5 Å². The Morgan fingerprint density at radius 1 is 1.22 bits per heavy atom. The summed E-state index contributed by atoms with van der Waals surface area (Å²) in [6.07, 6.45) is -3.59. The van der Waals surface area contributed by atoms with Crippen LogP contribution in [0.15, 0.2) is 36.2 Å². The summed E-state index contributed by atoms with van der Waals surface area (Å²) in [5, 5.41) is 0. The molecule has 1 aromatic rings. The molecule has 0 bridgehead atoms. The Morgan fingerprint density at radius 3 is 2.28 bits per heavy atom. The van der Waals surface area contributed by atoms with Gasteiger partial charge in [-0.3, -0.25) is 0 Å². The molecule has 0 fully saturated rings. The summed E-state index contributed by atoms with van der Waals surface area (Å²) in [5.74, 6) is 0.120. The first-order chi connectivity index (χ1) is 8.44. The van der Waals surface area contributed by atoms with E-state index in [2.05, 4.69) is 4.74 Å². The van der Waals surface area contributed by atoms with Crippen LogP contribution < -0.4 is 10.5 Å². The van der Waals surface area contributed by atoms with Gasteiger partial charge in [0.2, 0.25) is 0 Å². The van der Waals surface area contributed by atoms with E-state index in [0.29, 0.717) is 18.3 Å². The smallest absolute Gasteiger partial charge is 0.422 e. The van der Waals surface area contributed by atoms with Crippen LogP contribution in [0, 0.1) is 0 Å². The maximum Gasteiger partial charge on any atom is 0.422 e. The Hall–Kier alpha value is -1.56. The third-order valence-electron chi connectivity index (χ3n) is 2.17. The highest BCUT2D eigenvalue weighted by molar-refractivity contribution is 5.30. The van der Waals surface area contributed by atoms with Crippen molar-refractivity contribution < 1.29 is 22.3 Å². The first kappa shape index (κ1) is 14.5. The van der Waals surface area contributed by atoms with Crippen LogP contribution in [0.25, 0.3) is 0 Å². The lowest BCUT2D eigenvalue weighted by molar-refractivity contribution is -0.153. The lowest BCUT2D eigenvalue weighted by atomic mass is 10.1. The average molecular weight is 263 g/mol. The van der Waals surface area contributed by atoms with Gasteiger partial charge in [-0.25, -0.2) is 4.39 Å². The molecule has 0 heterocycles. The number of halogens is 4. The Morgan fingerprint density at radius 2 is 1.83 bits per heavy atom. The Kier molecular flexibility index (Phi) is 5.15. The minimum atomic E-state index is -4.36.